The fraction of sp³-hybridized carbons (Fsp3) is 0.133. The zero-order valence-corrected chi connectivity index (χ0v) is 13.8. The van der Waals surface area contributed by atoms with Crippen molar-refractivity contribution in [3.05, 3.63) is 51.5 Å². The topological polar surface area (TPSA) is 47.6 Å². The predicted molar refractivity (Wildman–Crippen MR) is 88.6 cm³/mol. The Morgan fingerprint density at radius 1 is 1.05 bits per heavy atom. The predicted octanol–water partition coefficient (Wildman–Crippen LogP) is 4.67. The molecule has 0 aliphatic carbocycles. The van der Waals surface area contributed by atoms with E-state index in [1.807, 2.05) is 0 Å². The minimum atomic E-state index is -0.327. The van der Waals surface area contributed by atoms with Gasteiger partial charge >= 0.3 is 0 Å². The maximum atomic E-state index is 11.8. The molecule has 0 aromatic heterocycles. The molecule has 0 saturated heterocycles. The molecule has 0 unspecified atom stereocenters. The van der Waals surface area contributed by atoms with Gasteiger partial charge in [-0.15, -0.1) is 0 Å². The Morgan fingerprint density at radius 2 is 1.82 bits per heavy atom. The molecule has 1 N–H and O–H groups in total. The Bertz CT molecular complexity index is 692. The monoisotopic (exact) mass is 359 g/mol. The molecule has 1 amide bonds. The Morgan fingerprint density at radius 3 is 2.45 bits per heavy atom. The molecule has 0 radical (unpaired) electrons. The van der Waals surface area contributed by atoms with E-state index < -0.39 is 0 Å². The Hall–Kier alpha value is -1.62. The molecule has 0 aliphatic heterocycles. The van der Waals surface area contributed by atoms with Crippen molar-refractivity contribution in [2.45, 2.75) is 0 Å². The lowest BCUT2D eigenvalue weighted by molar-refractivity contribution is -0.118. The van der Waals surface area contributed by atoms with Crippen LogP contribution in [0.2, 0.25) is 15.1 Å². The van der Waals surface area contributed by atoms with Crippen molar-refractivity contribution in [2.24, 2.45) is 0 Å². The van der Waals surface area contributed by atoms with Gasteiger partial charge in [-0.3, -0.25) is 4.79 Å². The van der Waals surface area contributed by atoms with Crippen LogP contribution in [0.5, 0.6) is 11.5 Å². The minimum absolute atomic E-state index is 0.165. The van der Waals surface area contributed by atoms with Crippen molar-refractivity contribution in [2.75, 3.05) is 19.0 Å². The van der Waals surface area contributed by atoms with Crippen LogP contribution in [0.3, 0.4) is 0 Å². The van der Waals surface area contributed by atoms with Crippen molar-refractivity contribution in [1.29, 1.82) is 0 Å². The summed E-state index contributed by atoms with van der Waals surface area (Å²) in [6.07, 6.45) is 0. The van der Waals surface area contributed by atoms with E-state index >= 15 is 0 Å². The third-order valence-corrected chi connectivity index (χ3v) is 3.73. The third kappa shape index (κ3) is 4.44. The standard InChI is InChI=1S/C15H12Cl3NO3/c1-21-14-5-2-9(6-13(14)18)19-15(20)8-22-10-3-4-11(16)12(17)7-10/h2-7H,8H2,1H3,(H,19,20). The van der Waals surface area contributed by atoms with E-state index in [4.69, 9.17) is 44.3 Å². The molecule has 0 spiro atoms. The normalized spacial score (nSPS) is 10.2. The van der Waals surface area contributed by atoms with Crippen molar-refractivity contribution in [3.63, 3.8) is 0 Å². The second-order valence-electron chi connectivity index (χ2n) is 4.26. The number of hydrogen-bond donors (Lipinski definition) is 1. The largest absolute Gasteiger partial charge is 0.495 e. The number of anilines is 1. The van der Waals surface area contributed by atoms with E-state index in [1.165, 1.54) is 7.11 Å². The van der Waals surface area contributed by atoms with Gasteiger partial charge in [-0.05, 0) is 30.3 Å². The summed E-state index contributed by atoms with van der Waals surface area (Å²) in [5, 5.41) is 3.86. The Balaban J connectivity index is 1.92. The van der Waals surface area contributed by atoms with Crippen LogP contribution in [-0.2, 0) is 4.79 Å². The van der Waals surface area contributed by atoms with Crippen molar-refractivity contribution >= 4 is 46.4 Å². The van der Waals surface area contributed by atoms with Crippen molar-refractivity contribution in [3.8, 4) is 11.5 Å². The van der Waals surface area contributed by atoms with Gasteiger partial charge in [0.1, 0.15) is 11.5 Å². The molecule has 2 aromatic rings. The smallest absolute Gasteiger partial charge is 0.262 e. The second-order valence-corrected chi connectivity index (χ2v) is 5.48. The summed E-state index contributed by atoms with van der Waals surface area (Å²) in [6, 6.07) is 9.71. The quantitative estimate of drug-likeness (QED) is 0.842. The van der Waals surface area contributed by atoms with E-state index in [0.29, 0.717) is 32.3 Å². The number of rotatable bonds is 5. The van der Waals surface area contributed by atoms with Crippen LogP contribution in [0.1, 0.15) is 0 Å². The fourth-order valence-corrected chi connectivity index (χ4v) is 2.20. The fourth-order valence-electron chi connectivity index (χ4n) is 1.66. The Kier molecular flexibility index (Phi) is 5.77. The average molecular weight is 361 g/mol. The van der Waals surface area contributed by atoms with E-state index in [2.05, 4.69) is 5.32 Å². The lowest BCUT2D eigenvalue weighted by Crippen LogP contribution is -2.20. The number of carbonyl (C=O) groups excluding carboxylic acids is 1. The molecule has 0 aliphatic rings. The SMILES string of the molecule is COc1ccc(NC(=O)COc2ccc(Cl)c(Cl)c2)cc1Cl. The van der Waals surface area contributed by atoms with Crippen LogP contribution in [0, 0.1) is 0 Å². The molecule has 22 heavy (non-hydrogen) atoms. The molecule has 0 saturated carbocycles. The van der Waals surface area contributed by atoms with Gasteiger partial charge in [-0.1, -0.05) is 34.8 Å². The van der Waals surface area contributed by atoms with Gasteiger partial charge in [0.2, 0.25) is 0 Å². The van der Waals surface area contributed by atoms with Crippen LogP contribution >= 0.6 is 34.8 Å². The first-order chi connectivity index (χ1) is 10.5. The molecule has 7 heteroatoms. The first-order valence-corrected chi connectivity index (χ1v) is 7.34. The highest BCUT2D eigenvalue weighted by molar-refractivity contribution is 6.42. The van der Waals surface area contributed by atoms with Crippen LogP contribution in [-0.4, -0.2) is 19.6 Å². The molecule has 0 atom stereocenters. The van der Waals surface area contributed by atoms with Crippen molar-refractivity contribution < 1.29 is 14.3 Å². The summed E-state index contributed by atoms with van der Waals surface area (Å²) in [5.41, 5.74) is 0.550. The second kappa shape index (κ2) is 7.58. The number of ether oxygens (including phenoxy) is 2. The molecule has 2 aromatic carbocycles. The maximum Gasteiger partial charge on any atom is 0.262 e. The number of halogens is 3. The Labute approximate surface area is 142 Å². The highest BCUT2D eigenvalue weighted by atomic mass is 35.5. The zero-order valence-electron chi connectivity index (χ0n) is 11.5. The summed E-state index contributed by atoms with van der Waals surface area (Å²) < 4.78 is 10.4. The van der Waals surface area contributed by atoms with Crippen LogP contribution in [0.25, 0.3) is 0 Å². The lowest BCUT2D eigenvalue weighted by atomic mass is 10.3. The van der Waals surface area contributed by atoms with Crippen LogP contribution in [0.4, 0.5) is 5.69 Å². The summed E-state index contributed by atoms with van der Waals surface area (Å²) in [5.74, 6) is 0.663. The van der Waals surface area contributed by atoms with Crippen LogP contribution in [0.15, 0.2) is 36.4 Å². The zero-order chi connectivity index (χ0) is 16.1. The number of benzene rings is 2. The number of amides is 1. The molecule has 0 heterocycles. The first-order valence-electron chi connectivity index (χ1n) is 6.21. The molecule has 0 fully saturated rings. The molecule has 116 valence electrons. The molecule has 2 rings (SSSR count). The van der Waals surface area contributed by atoms with E-state index in [-0.39, 0.29) is 12.5 Å². The highest BCUT2D eigenvalue weighted by Crippen LogP contribution is 2.28. The van der Waals surface area contributed by atoms with Gasteiger partial charge in [0, 0.05) is 11.8 Å². The van der Waals surface area contributed by atoms with Gasteiger partial charge in [-0.25, -0.2) is 0 Å². The molecule has 0 bridgehead atoms. The number of methoxy groups -OCH3 is 1. The summed E-state index contributed by atoms with van der Waals surface area (Å²) in [7, 11) is 1.52. The van der Waals surface area contributed by atoms with Gasteiger partial charge in [-0.2, -0.15) is 0 Å². The minimum Gasteiger partial charge on any atom is -0.495 e. The van der Waals surface area contributed by atoms with Gasteiger partial charge in [0.25, 0.3) is 5.91 Å². The third-order valence-electron chi connectivity index (χ3n) is 2.70. The van der Waals surface area contributed by atoms with Crippen LogP contribution < -0.4 is 14.8 Å². The number of hydrogen-bond acceptors (Lipinski definition) is 3. The average Bonchev–Trinajstić information content (AvgIpc) is 2.49. The van der Waals surface area contributed by atoms with E-state index in [9.17, 15) is 4.79 Å². The molecular formula is C15H12Cl3NO3. The van der Waals surface area contributed by atoms with Gasteiger partial charge < -0.3 is 14.8 Å². The van der Waals surface area contributed by atoms with E-state index in [0.717, 1.165) is 0 Å². The summed E-state index contributed by atoms with van der Waals surface area (Å²) in [4.78, 5) is 11.8. The number of nitrogens with one attached hydrogen (secondary N) is 1. The van der Waals surface area contributed by atoms with E-state index in [1.54, 1.807) is 36.4 Å². The maximum absolute atomic E-state index is 11.8. The highest BCUT2D eigenvalue weighted by Gasteiger charge is 2.07. The summed E-state index contributed by atoms with van der Waals surface area (Å²) in [6.45, 7) is -0.165. The number of carbonyl (C=O) groups is 1. The van der Waals surface area contributed by atoms with Crippen molar-refractivity contribution in [1.82, 2.24) is 0 Å². The lowest BCUT2D eigenvalue weighted by Gasteiger charge is -2.09. The van der Waals surface area contributed by atoms with Gasteiger partial charge in [0.15, 0.2) is 6.61 Å². The summed E-state index contributed by atoms with van der Waals surface area (Å²) >= 11 is 17.7. The molecular weight excluding hydrogens is 349 g/mol. The molecule has 4 nitrogen and oxygen atoms in total. The first kappa shape index (κ1) is 16.7. The van der Waals surface area contributed by atoms with Gasteiger partial charge in [0.05, 0.1) is 22.2 Å².